The predicted molar refractivity (Wildman–Crippen MR) is 82.3 cm³/mol. The molecule has 0 saturated carbocycles. The van der Waals surface area contributed by atoms with Gasteiger partial charge in [0.05, 0.1) is 0 Å². The van der Waals surface area contributed by atoms with Gasteiger partial charge in [-0.05, 0) is 36.8 Å². The number of nitrogens with two attached hydrogens (primary N) is 1. The van der Waals surface area contributed by atoms with Crippen LogP contribution >= 0.6 is 0 Å². The van der Waals surface area contributed by atoms with Crippen LogP contribution < -0.4 is 5.73 Å². The quantitative estimate of drug-likeness (QED) is 0.683. The summed E-state index contributed by atoms with van der Waals surface area (Å²) in [5.74, 6) is 0. The highest BCUT2D eigenvalue weighted by atomic mass is 14.9. The minimum atomic E-state index is 0.291. The highest BCUT2D eigenvalue weighted by molar-refractivity contribution is 5.29. The third kappa shape index (κ3) is 4.38. The summed E-state index contributed by atoms with van der Waals surface area (Å²) in [6.45, 7) is 3.45. The minimum absolute atomic E-state index is 0.291. The van der Waals surface area contributed by atoms with Crippen molar-refractivity contribution in [3.8, 4) is 0 Å². The number of hydrogen-bond donors (Lipinski definition) is 1. The van der Waals surface area contributed by atoms with Crippen molar-refractivity contribution in [2.24, 2.45) is 5.73 Å². The standard InChI is InChI=1S/C17H30N2/c1-2-3-4-5-6-7-8-12-19-13-15-10-9-11-17(18)16(15)14-19/h13-14,17H,2-12,18H2,1H3. The van der Waals surface area contributed by atoms with Gasteiger partial charge in [0.2, 0.25) is 0 Å². The SMILES string of the molecule is CCCCCCCCCn1cc2c(c1)C(N)CCC2. The molecule has 0 fully saturated rings. The second kappa shape index (κ2) is 7.74. The van der Waals surface area contributed by atoms with Crippen molar-refractivity contribution in [3.63, 3.8) is 0 Å². The van der Waals surface area contributed by atoms with Gasteiger partial charge >= 0.3 is 0 Å². The van der Waals surface area contributed by atoms with Crippen LogP contribution in [0.2, 0.25) is 0 Å². The number of unbranched alkanes of at least 4 members (excludes halogenated alkanes) is 6. The smallest absolute Gasteiger partial charge is 0.0312 e. The first-order chi connectivity index (χ1) is 9.31. The van der Waals surface area contributed by atoms with Gasteiger partial charge in [0.25, 0.3) is 0 Å². The van der Waals surface area contributed by atoms with E-state index in [2.05, 4.69) is 23.9 Å². The predicted octanol–water partition coefficient (Wildman–Crippen LogP) is 4.57. The fourth-order valence-corrected chi connectivity index (χ4v) is 3.16. The van der Waals surface area contributed by atoms with E-state index in [9.17, 15) is 0 Å². The third-order valence-electron chi connectivity index (χ3n) is 4.38. The van der Waals surface area contributed by atoms with E-state index in [1.807, 2.05) is 0 Å². The van der Waals surface area contributed by atoms with Crippen molar-refractivity contribution in [2.75, 3.05) is 0 Å². The Bertz CT molecular complexity index is 367. The fourth-order valence-electron chi connectivity index (χ4n) is 3.16. The minimum Gasteiger partial charge on any atom is -0.354 e. The number of aromatic nitrogens is 1. The lowest BCUT2D eigenvalue weighted by atomic mass is 9.92. The summed E-state index contributed by atoms with van der Waals surface area (Å²) in [4.78, 5) is 0. The van der Waals surface area contributed by atoms with Crippen LogP contribution in [0.25, 0.3) is 0 Å². The van der Waals surface area contributed by atoms with Crippen molar-refractivity contribution in [3.05, 3.63) is 23.5 Å². The molecule has 2 N–H and O–H groups in total. The summed E-state index contributed by atoms with van der Waals surface area (Å²) < 4.78 is 2.38. The van der Waals surface area contributed by atoms with E-state index in [-0.39, 0.29) is 0 Å². The molecule has 1 aliphatic carbocycles. The molecule has 1 heterocycles. The Labute approximate surface area is 118 Å². The van der Waals surface area contributed by atoms with Crippen LogP contribution in [0.3, 0.4) is 0 Å². The molecule has 1 aromatic rings. The van der Waals surface area contributed by atoms with Gasteiger partial charge in [0.15, 0.2) is 0 Å². The van der Waals surface area contributed by atoms with Crippen molar-refractivity contribution in [1.29, 1.82) is 0 Å². The zero-order valence-corrected chi connectivity index (χ0v) is 12.5. The molecule has 0 radical (unpaired) electrons. The second-order valence-electron chi connectivity index (χ2n) is 6.10. The van der Waals surface area contributed by atoms with Crippen LogP contribution in [0.5, 0.6) is 0 Å². The molecule has 1 aliphatic rings. The fraction of sp³-hybridized carbons (Fsp3) is 0.765. The van der Waals surface area contributed by atoms with Crippen LogP contribution in [-0.4, -0.2) is 4.57 Å². The maximum absolute atomic E-state index is 6.17. The maximum Gasteiger partial charge on any atom is 0.0312 e. The first-order valence-electron chi connectivity index (χ1n) is 8.25. The van der Waals surface area contributed by atoms with Gasteiger partial charge in [-0.2, -0.15) is 0 Å². The zero-order valence-electron chi connectivity index (χ0n) is 12.5. The summed E-state index contributed by atoms with van der Waals surface area (Å²) in [6.07, 6.45) is 18.0. The number of hydrogen-bond acceptors (Lipinski definition) is 1. The Morgan fingerprint density at radius 3 is 2.58 bits per heavy atom. The molecule has 0 bridgehead atoms. The summed E-state index contributed by atoms with van der Waals surface area (Å²) >= 11 is 0. The van der Waals surface area contributed by atoms with Crippen LogP contribution in [-0.2, 0) is 13.0 Å². The zero-order chi connectivity index (χ0) is 13.5. The third-order valence-corrected chi connectivity index (χ3v) is 4.38. The van der Waals surface area contributed by atoms with Crippen LogP contribution in [0, 0.1) is 0 Å². The van der Waals surface area contributed by atoms with E-state index in [1.165, 1.54) is 75.5 Å². The van der Waals surface area contributed by atoms with Gasteiger partial charge in [-0.25, -0.2) is 0 Å². The monoisotopic (exact) mass is 262 g/mol. The molecule has 0 aromatic carbocycles. The summed E-state index contributed by atoms with van der Waals surface area (Å²) in [7, 11) is 0. The van der Waals surface area contributed by atoms with E-state index in [0.29, 0.717) is 6.04 Å². The first kappa shape index (κ1) is 14.6. The summed E-state index contributed by atoms with van der Waals surface area (Å²) in [6, 6.07) is 0.291. The molecular formula is C17H30N2. The lowest BCUT2D eigenvalue weighted by Gasteiger charge is -2.17. The van der Waals surface area contributed by atoms with Gasteiger partial charge < -0.3 is 10.3 Å². The van der Waals surface area contributed by atoms with Crippen molar-refractivity contribution < 1.29 is 0 Å². The largest absolute Gasteiger partial charge is 0.354 e. The second-order valence-corrected chi connectivity index (χ2v) is 6.10. The number of rotatable bonds is 8. The molecule has 2 rings (SSSR count). The van der Waals surface area contributed by atoms with Crippen molar-refractivity contribution in [2.45, 2.75) is 83.7 Å². The van der Waals surface area contributed by atoms with Gasteiger partial charge in [-0.3, -0.25) is 0 Å². The Hall–Kier alpha value is -0.760. The highest BCUT2D eigenvalue weighted by Gasteiger charge is 2.18. The molecule has 108 valence electrons. The van der Waals surface area contributed by atoms with Crippen LogP contribution in [0.1, 0.15) is 81.9 Å². The lowest BCUT2D eigenvalue weighted by molar-refractivity contribution is 0.549. The molecular weight excluding hydrogens is 232 g/mol. The Morgan fingerprint density at radius 2 is 1.84 bits per heavy atom. The molecule has 1 aromatic heterocycles. The number of nitrogens with zero attached hydrogens (tertiary/aromatic N) is 1. The highest BCUT2D eigenvalue weighted by Crippen LogP contribution is 2.28. The molecule has 1 unspecified atom stereocenters. The van der Waals surface area contributed by atoms with E-state index < -0.39 is 0 Å². The molecule has 2 nitrogen and oxygen atoms in total. The Balaban J connectivity index is 1.66. The summed E-state index contributed by atoms with van der Waals surface area (Å²) in [5, 5.41) is 0. The molecule has 0 spiro atoms. The van der Waals surface area contributed by atoms with Crippen LogP contribution in [0.15, 0.2) is 12.4 Å². The molecule has 19 heavy (non-hydrogen) atoms. The normalized spacial score (nSPS) is 18.5. The van der Waals surface area contributed by atoms with E-state index in [0.717, 1.165) is 6.42 Å². The molecule has 0 aliphatic heterocycles. The topological polar surface area (TPSA) is 30.9 Å². The van der Waals surface area contributed by atoms with Crippen molar-refractivity contribution in [1.82, 2.24) is 4.57 Å². The average molecular weight is 262 g/mol. The molecule has 0 amide bonds. The van der Waals surface area contributed by atoms with E-state index in [4.69, 9.17) is 5.73 Å². The van der Waals surface area contributed by atoms with Crippen molar-refractivity contribution >= 4 is 0 Å². The number of aryl methyl sites for hydroxylation is 2. The Morgan fingerprint density at radius 1 is 1.11 bits per heavy atom. The first-order valence-corrected chi connectivity index (χ1v) is 8.25. The molecule has 0 saturated heterocycles. The van der Waals surface area contributed by atoms with Gasteiger partial charge in [0, 0.05) is 25.0 Å². The van der Waals surface area contributed by atoms with E-state index >= 15 is 0 Å². The van der Waals surface area contributed by atoms with Gasteiger partial charge in [-0.15, -0.1) is 0 Å². The lowest BCUT2D eigenvalue weighted by Crippen LogP contribution is -2.15. The van der Waals surface area contributed by atoms with Gasteiger partial charge in [-0.1, -0.05) is 45.4 Å². The molecule has 2 heteroatoms. The molecule has 1 atom stereocenters. The Kier molecular flexibility index (Phi) is 5.96. The average Bonchev–Trinajstić information content (AvgIpc) is 2.82. The van der Waals surface area contributed by atoms with Crippen LogP contribution in [0.4, 0.5) is 0 Å². The summed E-state index contributed by atoms with van der Waals surface area (Å²) in [5.41, 5.74) is 9.08. The maximum atomic E-state index is 6.17. The van der Waals surface area contributed by atoms with E-state index in [1.54, 1.807) is 0 Å². The van der Waals surface area contributed by atoms with Gasteiger partial charge in [0.1, 0.15) is 0 Å². The number of fused-ring (bicyclic) bond motifs is 1.